The lowest BCUT2D eigenvalue weighted by Gasteiger charge is -2.15. The van der Waals surface area contributed by atoms with E-state index >= 15 is 0 Å². The van der Waals surface area contributed by atoms with Gasteiger partial charge in [-0.15, -0.1) is 0 Å². The van der Waals surface area contributed by atoms with E-state index in [1.165, 1.54) is 0 Å². The van der Waals surface area contributed by atoms with Crippen LogP contribution >= 0.6 is 0 Å². The number of nitrogens with one attached hydrogen (secondary N) is 2. The van der Waals surface area contributed by atoms with E-state index in [2.05, 4.69) is 28.7 Å². The van der Waals surface area contributed by atoms with Crippen LogP contribution in [-0.2, 0) is 11.3 Å². The third-order valence-corrected chi connectivity index (χ3v) is 6.06. The molecule has 0 spiro atoms. The van der Waals surface area contributed by atoms with Crippen molar-refractivity contribution in [2.75, 3.05) is 33.3 Å². The Kier molecular flexibility index (Phi) is 6.88. The highest BCUT2D eigenvalue weighted by atomic mass is 16.5. The number of imidazole rings is 1. The van der Waals surface area contributed by atoms with Gasteiger partial charge in [0.1, 0.15) is 11.6 Å². The van der Waals surface area contributed by atoms with Gasteiger partial charge in [0.15, 0.2) is 11.5 Å². The number of hydrogen-bond acceptors (Lipinski definition) is 5. The Morgan fingerprint density at radius 1 is 1.06 bits per heavy atom. The molecule has 2 aromatic heterocycles. The number of anilines is 1. The second-order valence-corrected chi connectivity index (χ2v) is 8.06. The molecule has 2 heterocycles. The third-order valence-electron chi connectivity index (χ3n) is 6.06. The van der Waals surface area contributed by atoms with Crippen LogP contribution in [0, 0.1) is 13.8 Å². The highest BCUT2D eigenvalue weighted by molar-refractivity contribution is 6.06. The highest BCUT2D eigenvalue weighted by Crippen LogP contribution is 2.36. The lowest BCUT2D eigenvalue weighted by molar-refractivity contribution is 0.102. The maximum absolute atomic E-state index is 13.4. The number of ether oxygens (including phenoxy) is 3. The second-order valence-electron chi connectivity index (χ2n) is 8.06. The Morgan fingerprint density at radius 2 is 1.82 bits per heavy atom. The molecule has 4 aromatic rings. The zero-order valence-electron chi connectivity index (χ0n) is 20.2. The second kappa shape index (κ2) is 10.0. The molecule has 8 nitrogen and oxygen atoms in total. The van der Waals surface area contributed by atoms with Gasteiger partial charge >= 0.3 is 0 Å². The predicted octanol–water partition coefficient (Wildman–Crippen LogP) is 4.95. The largest absolute Gasteiger partial charge is 0.493 e. The number of amides is 1. The Morgan fingerprint density at radius 3 is 2.53 bits per heavy atom. The lowest BCUT2D eigenvalue weighted by atomic mass is 10.1. The smallest absolute Gasteiger partial charge is 0.256 e. The minimum Gasteiger partial charge on any atom is -0.493 e. The van der Waals surface area contributed by atoms with Crippen LogP contribution in [0.4, 0.5) is 5.82 Å². The molecule has 4 rings (SSSR count). The molecular weight excluding hydrogens is 432 g/mol. The first kappa shape index (κ1) is 23.4. The molecule has 0 saturated carbocycles. The summed E-state index contributed by atoms with van der Waals surface area (Å²) in [6.07, 6.45) is 0.810. The molecule has 0 unspecified atom stereocenters. The summed E-state index contributed by atoms with van der Waals surface area (Å²) in [6.45, 7) is 5.43. The average molecular weight is 463 g/mol. The molecule has 2 aromatic carbocycles. The minimum absolute atomic E-state index is 0.246. The number of H-pyrrole nitrogens is 1. The van der Waals surface area contributed by atoms with E-state index in [0.717, 1.165) is 40.1 Å². The van der Waals surface area contributed by atoms with Crippen molar-refractivity contribution in [3.8, 4) is 22.9 Å². The van der Waals surface area contributed by atoms with Gasteiger partial charge < -0.3 is 29.1 Å². The molecule has 34 heavy (non-hydrogen) atoms. The molecule has 8 heteroatoms. The Balaban J connectivity index is 1.79. The molecule has 0 fully saturated rings. The van der Waals surface area contributed by atoms with Crippen molar-refractivity contribution in [1.29, 1.82) is 0 Å². The van der Waals surface area contributed by atoms with Gasteiger partial charge in [-0.2, -0.15) is 0 Å². The number of rotatable bonds is 9. The number of methoxy groups -OCH3 is 3. The number of fused-ring (bicyclic) bond motifs is 1. The van der Waals surface area contributed by atoms with E-state index < -0.39 is 0 Å². The number of carbonyl (C=O) groups excluding carboxylic acids is 1. The molecule has 0 radical (unpaired) electrons. The maximum atomic E-state index is 13.4. The van der Waals surface area contributed by atoms with Gasteiger partial charge in [0.05, 0.1) is 30.8 Å². The summed E-state index contributed by atoms with van der Waals surface area (Å²) in [5.41, 5.74) is 5.28. The minimum atomic E-state index is -0.246. The van der Waals surface area contributed by atoms with Gasteiger partial charge in [-0.25, -0.2) is 4.98 Å². The van der Waals surface area contributed by atoms with Crippen LogP contribution in [0.5, 0.6) is 11.5 Å². The van der Waals surface area contributed by atoms with E-state index in [1.54, 1.807) is 39.5 Å². The maximum Gasteiger partial charge on any atom is 0.256 e. The molecule has 178 valence electrons. The van der Waals surface area contributed by atoms with Gasteiger partial charge in [0.2, 0.25) is 0 Å². The number of benzene rings is 2. The molecule has 0 saturated heterocycles. The number of hydrogen-bond donors (Lipinski definition) is 2. The molecule has 1 amide bonds. The van der Waals surface area contributed by atoms with E-state index in [9.17, 15) is 4.79 Å². The van der Waals surface area contributed by atoms with E-state index in [-0.39, 0.29) is 5.91 Å². The molecule has 0 aliphatic rings. The standard InChI is InChI=1S/C26H30N4O4/c1-16-17(2)30(13-8-14-32-3)25(23(16)24-27-19-9-6-7-10-20(19)28-24)29-26(31)18-11-12-21(33-4)22(15-18)34-5/h6-7,9-12,15H,8,13-14H2,1-5H3,(H,27,28)(H,29,31). The molecular formula is C26H30N4O4. The van der Waals surface area contributed by atoms with E-state index in [1.807, 2.05) is 24.3 Å². The number of para-hydroxylation sites is 2. The normalized spacial score (nSPS) is 11.1. The fraction of sp³-hybridized carbons (Fsp3) is 0.308. The molecule has 0 atom stereocenters. The van der Waals surface area contributed by atoms with Crippen LogP contribution in [-0.4, -0.2) is 48.4 Å². The first-order valence-corrected chi connectivity index (χ1v) is 11.2. The van der Waals surface area contributed by atoms with Crippen LogP contribution in [0.1, 0.15) is 28.0 Å². The number of carbonyl (C=O) groups is 1. The first-order chi connectivity index (χ1) is 16.5. The monoisotopic (exact) mass is 462 g/mol. The number of nitrogens with zero attached hydrogens (tertiary/aromatic N) is 2. The summed E-state index contributed by atoms with van der Waals surface area (Å²) < 4.78 is 18.1. The Labute approximate surface area is 198 Å². The van der Waals surface area contributed by atoms with Crippen molar-refractivity contribution in [1.82, 2.24) is 14.5 Å². The molecule has 0 aliphatic heterocycles. The van der Waals surface area contributed by atoms with Crippen molar-refractivity contribution >= 4 is 22.8 Å². The zero-order valence-corrected chi connectivity index (χ0v) is 20.2. The number of aromatic amines is 1. The Bertz CT molecular complexity index is 1290. The predicted molar refractivity (Wildman–Crippen MR) is 133 cm³/mol. The van der Waals surface area contributed by atoms with Crippen LogP contribution in [0.2, 0.25) is 0 Å². The summed E-state index contributed by atoms with van der Waals surface area (Å²) in [5, 5.41) is 3.14. The van der Waals surface area contributed by atoms with Crippen LogP contribution < -0.4 is 14.8 Å². The molecule has 0 aliphatic carbocycles. The van der Waals surface area contributed by atoms with E-state index in [0.29, 0.717) is 36.0 Å². The quantitative estimate of drug-likeness (QED) is 0.343. The van der Waals surface area contributed by atoms with Gasteiger partial charge in [0.25, 0.3) is 5.91 Å². The zero-order chi connectivity index (χ0) is 24.2. The third kappa shape index (κ3) is 4.36. The van der Waals surface area contributed by atoms with Gasteiger partial charge in [0, 0.05) is 31.5 Å². The van der Waals surface area contributed by atoms with Crippen molar-refractivity contribution in [3.05, 3.63) is 59.3 Å². The van der Waals surface area contributed by atoms with E-state index in [4.69, 9.17) is 19.2 Å². The van der Waals surface area contributed by atoms with Gasteiger partial charge in [-0.3, -0.25) is 4.79 Å². The van der Waals surface area contributed by atoms with Crippen molar-refractivity contribution in [2.45, 2.75) is 26.8 Å². The molecule has 2 N–H and O–H groups in total. The van der Waals surface area contributed by atoms with Crippen LogP contribution in [0.25, 0.3) is 22.4 Å². The van der Waals surface area contributed by atoms with Crippen LogP contribution in [0.15, 0.2) is 42.5 Å². The van der Waals surface area contributed by atoms with Crippen molar-refractivity contribution in [3.63, 3.8) is 0 Å². The fourth-order valence-electron chi connectivity index (χ4n) is 4.16. The topological polar surface area (TPSA) is 90.4 Å². The Hall–Kier alpha value is -3.78. The summed E-state index contributed by atoms with van der Waals surface area (Å²) >= 11 is 0. The summed E-state index contributed by atoms with van der Waals surface area (Å²) in [5.74, 6) is 2.23. The van der Waals surface area contributed by atoms with Crippen molar-refractivity contribution in [2.24, 2.45) is 0 Å². The highest BCUT2D eigenvalue weighted by Gasteiger charge is 2.24. The van der Waals surface area contributed by atoms with Gasteiger partial charge in [-0.05, 0) is 56.2 Å². The number of aromatic nitrogens is 3. The van der Waals surface area contributed by atoms with Crippen LogP contribution in [0.3, 0.4) is 0 Å². The van der Waals surface area contributed by atoms with Crippen molar-refractivity contribution < 1.29 is 19.0 Å². The summed E-state index contributed by atoms with van der Waals surface area (Å²) in [6, 6.07) is 13.0. The van der Waals surface area contributed by atoms with Gasteiger partial charge in [-0.1, -0.05) is 12.1 Å². The molecule has 0 bridgehead atoms. The SMILES string of the molecule is COCCCn1c(C)c(C)c(-c2nc3ccccc3[nH]2)c1NC(=O)c1ccc(OC)c(OC)c1. The lowest BCUT2D eigenvalue weighted by Crippen LogP contribution is -2.17. The average Bonchev–Trinajstić information content (AvgIpc) is 3.37. The summed E-state index contributed by atoms with van der Waals surface area (Å²) in [7, 11) is 4.80. The fourth-order valence-corrected chi connectivity index (χ4v) is 4.16. The summed E-state index contributed by atoms with van der Waals surface area (Å²) in [4.78, 5) is 21.6. The first-order valence-electron chi connectivity index (χ1n) is 11.2.